The van der Waals surface area contributed by atoms with Gasteiger partial charge in [-0.1, -0.05) is 42.3 Å². The van der Waals surface area contributed by atoms with Gasteiger partial charge >= 0.3 is 0 Å². The van der Waals surface area contributed by atoms with Crippen LogP contribution >= 0.6 is 23.2 Å². The van der Waals surface area contributed by atoms with Crippen molar-refractivity contribution in [2.45, 2.75) is 13.0 Å². The zero-order valence-electron chi connectivity index (χ0n) is 11.8. The minimum atomic E-state index is -0.286. The Morgan fingerprint density at radius 1 is 1.19 bits per heavy atom. The van der Waals surface area contributed by atoms with Crippen LogP contribution in [0, 0.1) is 5.82 Å². The zero-order valence-corrected chi connectivity index (χ0v) is 13.3. The van der Waals surface area contributed by atoms with Gasteiger partial charge in [-0.2, -0.15) is 0 Å². The van der Waals surface area contributed by atoms with Crippen LogP contribution in [0.25, 0.3) is 0 Å². The molecule has 0 heterocycles. The predicted molar refractivity (Wildman–Crippen MR) is 84.9 cm³/mol. The van der Waals surface area contributed by atoms with Gasteiger partial charge in [0.2, 0.25) is 0 Å². The Bertz CT molecular complexity index is 634. The Balaban J connectivity index is 2.50. The summed E-state index contributed by atoms with van der Waals surface area (Å²) in [6.45, 7) is 2.69. The molecule has 0 saturated heterocycles. The minimum absolute atomic E-state index is 0.235. The van der Waals surface area contributed by atoms with E-state index < -0.39 is 0 Å². The molecule has 0 radical (unpaired) electrons. The largest absolute Gasteiger partial charge is 0.495 e. The molecule has 0 aliphatic rings. The molecule has 0 aliphatic heterocycles. The van der Waals surface area contributed by atoms with Crippen molar-refractivity contribution in [2.75, 3.05) is 13.7 Å². The molecule has 0 fully saturated rings. The first kappa shape index (κ1) is 16.1. The van der Waals surface area contributed by atoms with Gasteiger partial charge in [0.25, 0.3) is 0 Å². The highest BCUT2D eigenvalue weighted by Crippen LogP contribution is 2.36. The molecule has 0 bridgehead atoms. The molecule has 1 unspecified atom stereocenters. The monoisotopic (exact) mass is 327 g/mol. The molecule has 2 aromatic rings. The highest BCUT2D eigenvalue weighted by Gasteiger charge is 2.19. The van der Waals surface area contributed by atoms with Gasteiger partial charge in [-0.15, -0.1) is 0 Å². The first-order valence-electron chi connectivity index (χ1n) is 6.58. The Morgan fingerprint density at radius 3 is 2.57 bits per heavy atom. The standard InChI is InChI=1S/C16H16Cl2FNO/c1-3-20-16(10-5-4-6-11(19)7-10)12-8-14(18)15(21-2)9-13(12)17/h4-9,16,20H,3H2,1-2H3. The number of methoxy groups -OCH3 is 1. The number of rotatable bonds is 5. The summed E-state index contributed by atoms with van der Waals surface area (Å²) in [5, 5.41) is 4.29. The molecule has 0 aliphatic carbocycles. The summed E-state index contributed by atoms with van der Waals surface area (Å²) in [5.74, 6) is 0.228. The van der Waals surface area contributed by atoms with E-state index in [4.69, 9.17) is 27.9 Å². The molecule has 1 N–H and O–H groups in total. The van der Waals surface area contributed by atoms with Crippen LogP contribution < -0.4 is 10.1 Å². The maximum Gasteiger partial charge on any atom is 0.138 e. The summed E-state index contributed by atoms with van der Waals surface area (Å²) >= 11 is 12.5. The lowest BCUT2D eigenvalue weighted by molar-refractivity contribution is 0.414. The van der Waals surface area contributed by atoms with Crippen molar-refractivity contribution in [1.82, 2.24) is 5.32 Å². The molecule has 5 heteroatoms. The van der Waals surface area contributed by atoms with Crippen LogP contribution in [0.3, 0.4) is 0 Å². The van der Waals surface area contributed by atoms with Crippen LogP contribution in [0.4, 0.5) is 4.39 Å². The summed E-state index contributed by atoms with van der Waals surface area (Å²) in [4.78, 5) is 0. The third-order valence-corrected chi connectivity index (χ3v) is 3.80. The number of hydrogen-bond acceptors (Lipinski definition) is 2. The topological polar surface area (TPSA) is 21.3 Å². The average molecular weight is 328 g/mol. The van der Waals surface area contributed by atoms with E-state index in [9.17, 15) is 4.39 Å². The van der Waals surface area contributed by atoms with E-state index in [2.05, 4.69) is 5.32 Å². The quantitative estimate of drug-likeness (QED) is 0.848. The predicted octanol–water partition coefficient (Wildman–Crippen LogP) is 4.84. The molecule has 2 nitrogen and oxygen atoms in total. The smallest absolute Gasteiger partial charge is 0.138 e. The zero-order chi connectivity index (χ0) is 15.4. The first-order chi connectivity index (χ1) is 10.1. The average Bonchev–Trinajstić information content (AvgIpc) is 2.47. The second-order valence-electron chi connectivity index (χ2n) is 4.55. The summed E-state index contributed by atoms with van der Waals surface area (Å²) in [5.41, 5.74) is 1.58. The molecule has 0 amide bonds. The molecule has 0 spiro atoms. The van der Waals surface area contributed by atoms with E-state index in [1.165, 1.54) is 19.2 Å². The molecule has 112 valence electrons. The van der Waals surface area contributed by atoms with E-state index in [1.54, 1.807) is 18.2 Å². The van der Waals surface area contributed by atoms with Crippen molar-refractivity contribution in [2.24, 2.45) is 0 Å². The van der Waals surface area contributed by atoms with Gasteiger partial charge in [-0.3, -0.25) is 0 Å². The van der Waals surface area contributed by atoms with E-state index in [-0.39, 0.29) is 11.9 Å². The van der Waals surface area contributed by atoms with E-state index in [0.717, 1.165) is 11.1 Å². The fraction of sp³-hybridized carbons (Fsp3) is 0.250. The lowest BCUT2D eigenvalue weighted by Gasteiger charge is -2.21. The van der Waals surface area contributed by atoms with Crippen LogP contribution in [-0.2, 0) is 0 Å². The third-order valence-electron chi connectivity index (χ3n) is 3.17. The summed E-state index contributed by atoms with van der Waals surface area (Å²) < 4.78 is 18.6. The van der Waals surface area contributed by atoms with Gasteiger partial charge in [0.05, 0.1) is 18.2 Å². The second-order valence-corrected chi connectivity index (χ2v) is 5.37. The van der Waals surface area contributed by atoms with Crippen LogP contribution in [0.1, 0.15) is 24.1 Å². The minimum Gasteiger partial charge on any atom is -0.495 e. The van der Waals surface area contributed by atoms with Crippen molar-refractivity contribution >= 4 is 23.2 Å². The van der Waals surface area contributed by atoms with Gasteiger partial charge < -0.3 is 10.1 Å². The summed E-state index contributed by atoms with van der Waals surface area (Å²) in [6.07, 6.45) is 0. The van der Waals surface area contributed by atoms with Crippen molar-refractivity contribution in [1.29, 1.82) is 0 Å². The number of hydrogen-bond donors (Lipinski definition) is 1. The van der Waals surface area contributed by atoms with Crippen LogP contribution in [0.5, 0.6) is 5.75 Å². The Kier molecular flexibility index (Phi) is 5.45. The highest BCUT2D eigenvalue weighted by atomic mass is 35.5. The number of ether oxygens (including phenoxy) is 1. The van der Waals surface area contributed by atoms with Gasteiger partial charge in [0.15, 0.2) is 0 Å². The summed E-state index contributed by atoms with van der Waals surface area (Å²) in [6, 6.07) is 9.61. The lowest BCUT2D eigenvalue weighted by Crippen LogP contribution is -2.22. The van der Waals surface area contributed by atoms with Crippen LogP contribution in [0.2, 0.25) is 10.0 Å². The maximum atomic E-state index is 13.5. The van der Waals surface area contributed by atoms with Gasteiger partial charge in [0, 0.05) is 11.1 Å². The van der Waals surface area contributed by atoms with Crippen molar-refractivity contribution in [3.8, 4) is 5.75 Å². The van der Waals surface area contributed by atoms with Gasteiger partial charge in [0.1, 0.15) is 11.6 Å². The van der Waals surface area contributed by atoms with Crippen molar-refractivity contribution in [3.63, 3.8) is 0 Å². The van der Waals surface area contributed by atoms with E-state index >= 15 is 0 Å². The van der Waals surface area contributed by atoms with Crippen molar-refractivity contribution < 1.29 is 9.13 Å². The summed E-state index contributed by atoms with van der Waals surface area (Å²) in [7, 11) is 1.53. The molecule has 0 aromatic heterocycles. The molecule has 0 saturated carbocycles. The fourth-order valence-electron chi connectivity index (χ4n) is 2.22. The highest BCUT2D eigenvalue weighted by molar-refractivity contribution is 6.34. The Labute approximate surface area is 133 Å². The Morgan fingerprint density at radius 2 is 1.95 bits per heavy atom. The number of nitrogens with one attached hydrogen (secondary N) is 1. The van der Waals surface area contributed by atoms with Crippen LogP contribution in [-0.4, -0.2) is 13.7 Å². The maximum absolute atomic E-state index is 13.5. The molecule has 2 rings (SSSR count). The van der Waals surface area contributed by atoms with E-state index in [0.29, 0.717) is 22.3 Å². The van der Waals surface area contributed by atoms with Crippen LogP contribution in [0.15, 0.2) is 36.4 Å². The van der Waals surface area contributed by atoms with E-state index in [1.807, 2.05) is 13.0 Å². The molecule has 2 aromatic carbocycles. The number of halogens is 3. The normalized spacial score (nSPS) is 12.2. The fourth-order valence-corrected chi connectivity index (χ4v) is 2.73. The first-order valence-corrected chi connectivity index (χ1v) is 7.34. The molecule has 21 heavy (non-hydrogen) atoms. The Hall–Kier alpha value is -1.29. The van der Waals surface area contributed by atoms with Crippen molar-refractivity contribution in [3.05, 3.63) is 63.4 Å². The molecular formula is C16H16Cl2FNO. The second kappa shape index (κ2) is 7.12. The lowest BCUT2D eigenvalue weighted by atomic mass is 9.98. The number of benzene rings is 2. The van der Waals surface area contributed by atoms with Gasteiger partial charge in [-0.25, -0.2) is 4.39 Å². The molecular weight excluding hydrogens is 312 g/mol. The SMILES string of the molecule is CCNC(c1cccc(F)c1)c1cc(Cl)c(OC)cc1Cl. The molecule has 1 atom stereocenters. The van der Waals surface area contributed by atoms with Gasteiger partial charge in [-0.05, 0) is 35.9 Å². The third kappa shape index (κ3) is 3.67.